The molecule has 3 rings (SSSR count). The van der Waals surface area contributed by atoms with Gasteiger partial charge in [0.15, 0.2) is 0 Å². The van der Waals surface area contributed by atoms with E-state index in [2.05, 4.69) is 10.6 Å². The highest BCUT2D eigenvalue weighted by Gasteiger charge is 2.34. The van der Waals surface area contributed by atoms with Crippen LogP contribution in [0, 0.1) is 0 Å². The van der Waals surface area contributed by atoms with Gasteiger partial charge >= 0.3 is 12.0 Å². The Bertz CT molecular complexity index is 710. The molecule has 2 atom stereocenters. The van der Waals surface area contributed by atoms with Gasteiger partial charge in [0, 0.05) is 17.9 Å². The van der Waals surface area contributed by atoms with E-state index in [0.717, 1.165) is 12.8 Å². The molecule has 2 aliphatic heterocycles. The zero-order valence-electron chi connectivity index (χ0n) is 15.0. The fourth-order valence-electron chi connectivity index (χ4n) is 3.23. The first-order valence-electron chi connectivity index (χ1n) is 8.89. The number of rotatable bonds is 6. The second-order valence-corrected chi connectivity index (χ2v) is 6.27. The van der Waals surface area contributed by atoms with E-state index in [9.17, 15) is 9.59 Å². The van der Waals surface area contributed by atoms with E-state index in [1.165, 1.54) is 0 Å². The van der Waals surface area contributed by atoms with Gasteiger partial charge in [-0.2, -0.15) is 0 Å². The number of esters is 1. The lowest BCUT2D eigenvalue weighted by Gasteiger charge is -2.29. The van der Waals surface area contributed by atoms with E-state index >= 15 is 0 Å². The van der Waals surface area contributed by atoms with Gasteiger partial charge in [-0.1, -0.05) is 18.2 Å². The lowest BCUT2D eigenvalue weighted by Crippen LogP contribution is -2.45. The van der Waals surface area contributed by atoms with E-state index in [1.807, 2.05) is 31.2 Å². The zero-order chi connectivity index (χ0) is 18.5. The second kappa shape index (κ2) is 8.23. The molecule has 0 aromatic heterocycles. The maximum absolute atomic E-state index is 12.8. The van der Waals surface area contributed by atoms with Gasteiger partial charge < -0.3 is 24.8 Å². The van der Waals surface area contributed by atoms with Crippen LogP contribution in [0.5, 0.6) is 5.75 Å². The van der Waals surface area contributed by atoms with Crippen molar-refractivity contribution >= 4 is 12.0 Å². The number of amides is 2. The third-order valence-corrected chi connectivity index (χ3v) is 4.44. The quantitative estimate of drug-likeness (QED) is 0.761. The molecule has 7 heteroatoms. The van der Waals surface area contributed by atoms with Crippen LogP contribution in [0.2, 0.25) is 0 Å². The molecule has 2 N–H and O–H groups in total. The van der Waals surface area contributed by atoms with E-state index in [-0.39, 0.29) is 18.7 Å². The maximum Gasteiger partial charge on any atom is 0.338 e. The number of allylic oxidation sites excluding steroid dienone is 1. The lowest BCUT2D eigenvalue weighted by molar-refractivity contribution is -0.142. The summed E-state index contributed by atoms with van der Waals surface area (Å²) in [5.41, 5.74) is 1.56. The average Bonchev–Trinajstić information content (AvgIpc) is 3.13. The lowest BCUT2D eigenvalue weighted by atomic mass is 9.95. The molecule has 140 valence electrons. The molecule has 26 heavy (non-hydrogen) atoms. The maximum atomic E-state index is 12.8. The van der Waals surface area contributed by atoms with Crippen molar-refractivity contribution in [3.63, 3.8) is 0 Å². The molecule has 1 aromatic rings. The molecule has 7 nitrogen and oxygen atoms in total. The minimum atomic E-state index is -0.636. The summed E-state index contributed by atoms with van der Waals surface area (Å²) in [7, 11) is 0. The van der Waals surface area contributed by atoms with Gasteiger partial charge in [-0.15, -0.1) is 0 Å². The summed E-state index contributed by atoms with van der Waals surface area (Å²) in [6.45, 7) is 4.97. The molecule has 0 radical (unpaired) electrons. The van der Waals surface area contributed by atoms with Crippen molar-refractivity contribution in [1.82, 2.24) is 10.6 Å². The van der Waals surface area contributed by atoms with Gasteiger partial charge in [0.25, 0.3) is 0 Å². The number of carbonyl (C=O) groups excluding carboxylic acids is 2. The molecular weight excluding hydrogens is 336 g/mol. The Kier molecular flexibility index (Phi) is 5.78. The van der Waals surface area contributed by atoms with Crippen LogP contribution < -0.4 is 15.4 Å². The molecule has 2 heterocycles. The number of nitrogens with one attached hydrogen (secondary N) is 2. The highest BCUT2D eigenvalue weighted by molar-refractivity contribution is 5.95. The summed E-state index contributed by atoms with van der Waals surface area (Å²) in [5, 5.41) is 5.45. The molecule has 0 aliphatic carbocycles. The third kappa shape index (κ3) is 3.99. The van der Waals surface area contributed by atoms with E-state index in [0.29, 0.717) is 35.8 Å². The van der Waals surface area contributed by atoms with Gasteiger partial charge in [-0.3, -0.25) is 0 Å². The summed E-state index contributed by atoms with van der Waals surface area (Å²) in [4.78, 5) is 24.7. The molecule has 1 aromatic carbocycles. The van der Waals surface area contributed by atoms with Crippen molar-refractivity contribution in [2.45, 2.75) is 38.8 Å². The molecule has 0 unspecified atom stereocenters. The van der Waals surface area contributed by atoms with Crippen molar-refractivity contribution in [3.8, 4) is 5.75 Å². The van der Waals surface area contributed by atoms with Crippen LogP contribution in [0.4, 0.5) is 4.79 Å². The van der Waals surface area contributed by atoms with Crippen molar-refractivity contribution in [2.24, 2.45) is 0 Å². The van der Waals surface area contributed by atoms with Crippen molar-refractivity contribution < 1.29 is 23.8 Å². The number of benzene rings is 1. The standard InChI is InChI=1S/C19H24N2O5/c1-3-24-15-9-5-4-8-14(15)17-16(12(2)20-19(23)21-17)18(22)26-11-13-7-6-10-25-13/h4-5,8-9,13,17H,3,6-7,10-11H2,1-2H3,(H2,20,21,23)/t13-,17-/m0/s1. The van der Waals surface area contributed by atoms with Crippen molar-refractivity contribution in [2.75, 3.05) is 19.8 Å². The molecule has 1 fully saturated rings. The molecular formula is C19H24N2O5. The summed E-state index contributed by atoms with van der Waals surface area (Å²) < 4.78 is 16.6. The SMILES string of the molecule is CCOc1ccccc1[C@@H]1NC(=O)NC(C)=C1C(=O)OC[C@@H]1CCCO1. The normalized spacial score (nSPS) is 22.6. The largest absolute Gasteiger partial charge is 0.494 e. The third-order valence-electron chi connectivity index (χ3n) is 4.44. The smallest absolute Gasteiger partial charge is 0.338 e. The van der Waals surface area contributed by atoms with Crippen LogP contribution in [-0.2, 0) is 14.3 Å². The number of para-hydroxylation sites is 1. The Labute approximate surface area is 152 Å². The second-order valence-electron chi connectivity index (χ2n) is 6.27. The highest BCUT2D eigenvalue weighted by Crippen LogP contribution is 2.33. The Morgan fingerprint density at radius 2 is 2.15 bits per heavy atom. The summed E-state index contributed by atoms with van der Waals surface area (Å²) in [5.74, 6) is 0.154. The van der Waals surface area contributed by atoms with Gasteiger partial charge in [0.1, 0.15) is 12.4 Å². The molecule has 0 spiro atoms. The van der Waals surface area contributed by atoms with Crippen LogP contribution in [0.15, 0.2) is 35.5 Å². The molecule has 0 saturated carbocycles. The van der Waals surface area contributed by atoms with Gasteiger partial charge in [-0.25, -0.2) is 9.59 Å². The number of hydrogen-bond acceptors (Lipinski definition) is 5. The van der Waals surface area contributed by atoms with Crippen molar-refractivity contribution in [1.29, 1.82) is 0 Å². The van der Waals surface area contributed by atoms with Gasteiger partial charge in [-0.05, 0) is 32.8 Å². The fraction of sp³-hybridized carbons (Fsp3) is 0.474. The van der Waals surface area contributed by atoms with E-state index < -0.39 is 12.0 Å². The first-order valence-corrected chi connectivity index (χ1v) is 8.89. The first-order chi connectivity index (χ1) is 12.6. The predicted octanol–water partition coefficient (Wildman–Crippen LogP) is 2.44. The number of ether oxygens (including phenoxy) is 3. The monoisotopic (exact) mass is 360 g/mol. The van der Waals surface area contributed by atoms with Crippen LogP contribution >= 0.6 is 0 Å². The fourth-order valence-corrected chi connectivity index (χ4v) is 3.23. The van der Waals surface area contributed by atoms with Crippen LogP contribution in [0.1, 0.15) is 38.3 Å². The van der Waals surface area contributed by atoms with E-state index in [1.54, 1.807) is 6.92 Å². The van der Waals surface area contributed by atoms with Crippen LogP contribution in [0.25, 0.3) is 0 Å². The Morgan fingerprint density at radius 1 is 1.35 bits per heavy atom. The molecule has 2 amide bonds. The Balaban J connectivity index is 1.85. The summed E-state index contributed by atoms with van der Waals surface area (Å²) in [6, 6.07) is 6.35. The predicted molar refractivity (Wildman–Crippen MR) is 94.7 cm³/mol. The van der Waals surface area contributed by atoms with Crippen molar-refractivity contribution in [3.05, 3.63) is 41.1 Å². The van der Waals surface area contributed by atoms with Gasteiger partial charge in [0.2, 0.25) is 0 Å². The molecule has 0 bridgehead atoms. The minimum Gasteiger partial charge on any atom is -0.494 e. The number of urea groups is 1. The zero-order valence-corrected chi connectivity index (χ0v) is 15.0. The molecule has 1 saturated heterocycles. The Hall–Kier alpha value is -2.54. The molecule has 2 aliphatic rings. The minimum absolute atomic E-state index is 0.0554. The number of hydrogen-bond donors (Lipinski definition) is 2. The Morgan fingerprint density at radius 3 is 2.88 bits per heavy atom. The topological polar surface area (TPSA) is 85.9 Å². The average molecular weight is 360 g/mol. The number of carbonyl (C=O) groups is 2. The first kappa shape index (κ1) is 18.3. The van der Waals surface area contributed by atoms with Gasteiger partial charge in [0.05, 0.1) is 24.3 Å². The highest BCUT2D eigenvalue weighted by atomic mass is 16.6. The van der Waals surface area contributed by atoms with E-state index in [4.69, 9.17) is 14.2 Å². The summed E-state index contributed by atoms with van der Waals surface area (Å²) >= 11 is 0. The van der Waals surface area contributed by atoms with Crippen LogP contribution in [-0.4, -0.2) is 37.9 Å². The van der Waals surface area contributed by atoms with Crippen LogP contribution in [0.3, 0.4) is 0 Å². The summed E-state index contributed by atoms with van der Waals surface area (Å²) in [6.07, 6.45) is 1.81.